The summed E-state index contributed by atoms with van der Waals surface area (Å²) in [6, 6.07) is 42.3. The maximum atomic E-state index is 14.3. The molecule has 2 aliphatic heterocycles. The van der Waals surface area contributed by atoms with Crippen molar-refractivity contribution in [3.05, 3.63) is 178 Å². The summed E-state index contributed by atoms with van der Waals surface area (Å²) in [7, 11) is 0. The monoisotopic (exact) mass is 896 g/mol. The van der Waals surface area contributed by atoms with E-state index in [2.05, 4.69) is 56.8 Å². The van der Waals surface area contributed by atoms with Gasteiger partial charge in [-0.1, -0.05) is 72.8 Å². The summed E-state index contributed by atoms with van der Waals surface area (Å²) >= 11 is 0. The van der Waals surface area contributed by atoms with Gasteiger partial charge >= 0.3 is 11.9 Å². The molecule has 6 aromatic rings. The zero-order valence-corrected chi connectivity index (χ0v) is 37.2. The number of para-hydroxylation sites is 2. The molecule has 4 N–H and O–H groups in total. The van der Waals surface area contributed by atoms with Crippen LogP contribution in [0.1, 0.15) is 59.1 Å². The van der Waals surface area contributed by atoms with Crippen molar-refractivity contribution in [2.75, 3.05) is 59.8 Å². The van der Waals surface area contributed by atoms with E-state index in [4.69, 9.17) is 19.7 Å². The Labute approximate surface area is 385 Å². The number of fused-ring (bicyclic) bond motifs is 2. The smallest absolute Gasteiger partial charge is 0.303 e. The van der Waals surface area contributed by atoms with E-state index in [9.17, 15) is 18.4 Å². The van der Waals surface area contributed by atoms with Gasteiger partial charge in [-0.25, -0.2) is 8.78 Å². The largest absolute Gasteiger partial charge is 0.492 e. The molecule has 0 atom stereocenters. The number of rotatable bonds is 20. The highest BCUT2D eigenvalue weighted by molar-refractivity contribution is 5.68. The average molecular weight is 897 g/mol. The molecule has 0 aliphatic carbocycles. The quantitative estimate of drug-likeness (QED) is 0.0589. The number of ether oxygens (including phenoxy) is 2. The Bertz CT molecular complexity index is 2350. The van der Waals surface area contributed by atoms with Crippen LogP contribution >= 0.6 is 0 Å². The number of carboxylic acid groups (broad SMARTS) is 2. The van der Waals surface area contributed by atoms with Crippen LogP contribution in [0.25, 0.3) is 0 Å². The molecule has 66 heavy (non-hydrogen) atoms. The molecular weight excluding hydrogens is 839 g/mol. The van der Waals surface area contributed by atoms with E-state index >= 15 is 0 Å². The third kappa shape index (κ3) is 13.5. The molecular formula is C54H58F2N4O6. The highest BCUT2D eigenvalue weighted by atomic mass is 19.1. The van der Waals surface area contributed by atoms with Crippen molar-refractivity contribution in [1.82, 2.24) is 0 Å². The van der Waals surface area contributed by atoms with Crippen molar-refractivity contribution in [2.45, 2.75) is 64.5 Å². The molecule has 0 fully saturated rings. The first-order valence-corrected chi connectivity index (χ1v) is 22.8. The van der Waals surface area contributed by atoms with E-state index in [1.54, 1.807) is 12.1 Å². The minimum absolute atomic E-state index is 0.0767. The second-order valence-corrected chi connectivity index (χ2v) is 16.4. The van der Waals surface area contributed by atoms with E-state index in [-0.39, 0.29) is 37.3 Å². The molecule has 2 heterocycles. The second-order valence-electron chi connectivity index (χ2n) is 16.4. The van der Waals surface area contributed by atoms with Crippen molar-refractivity contribution < 1.29 is 38.1 Å². The highest BCUT2D eigenvalue weighted by Crippen LogP contribution is 2.32. The first-order chi connectivity index (χ1) is 32.2. The molecule has 0 unspecified atom stereocenters. The summed E-state index contributed by atoms with van der Waals surface area (Å²) in [5, 5.41) is 24.2. The third-order valence-electron chi connectivity index (χ3n) is 11.9. The van der Waals surface area contributed by atoms with Crippen molar-refractivity contribution in [2.24, 2.45) is 0 Å². The predicted octanol–water partition coefficient (Wildman–Crippen LogP) is 10.6. The molecule has 2 aliphatic rings. The number of nitrogens with zero attached hydrogens (tertiary/aromatic N) is 2. The SMILES string of the molecule is O=C(O)CCc1ccc(NCc2cccc3c2CCCN3CCOc2ccccc2)cc1F.O=C(O)CCc1ccc(NCc2cccc3c2CCCN3CCOc2ccccc2)cc1F. The van der Waals surface area contributed by atoms with E-state index in [1.807, 2.05) is 72.8 Å². The zero-order valence-electron chi connectivity index (χ0n) is 37.2. The van der Waals surface area contributed by atoms with Crippen molar-refractivity contribution >= 4 is 34.7 Å². The minimum Gasteiger partial charge on any atom is -0.492 e. The maximum absolute atomic E-state index is 14.3. The number of hydrogen-bond acceptors (Lipinski definition) is 8. The van der Waals surface area contributed by atoms with Crippen LogP contribution in [0.3, 0.4) is 0 Å². The first-order valence-electron chi connectivity index (χ1n) is 22.8. The lowest BCUT2D eigenvalue weighted by atomic mass is 9.96. The Balaban J connectivity index is 0.000000196. The van der Waals surface area contributed by atoms with Gasteiger partial charge in [0.1, 0.15) is 36.3 Å². The first kappa shape index (κ1) is 46.9. The number of carboxylic acids is 2. The number of anilines is 4. The number of benzene rings is 6. The van der Waals surface area contributed by atoms with E-state index < -0.39 is 11.9 Å². The van der Waals surface area contributed by atoms with Crippen LogP contribution in [-0.4, -0.2) is 61.5 Å². The molecule has 0 spiro atoms. The number of hydrogen-bond donors (Lipinski definition) is 4. The van der Waals surface area contributed by atoms with Gasteiger partial charge in [0.15, 0.2) is 0 Å². The van der Waals surface area contributed by atoms with Crippen LogP contribution in [0.4, 0.5) is 31.5 Å². The van der Waals surface area contributed by atoms with E-state index in [0.29, 0.717) is 48.8 Å². The molecule has 0 saturated heterocycles. The number of nitrogens with one attached hydrogen (secondary N) is 2. The van der Waals surface area contributed by atoms with Gasteiger partial charge in [0.2, 0.25) is 0 Å². The summed E-state index contributed by atoms with van der Waals surface area (Å²) in [5.41, 5.74) is 9.78. The second kappa shape index (κ2) is 23.7. The summed E-state index contributed by atoms with van der Waals surface area (Å²) in [4.78, 5) is 26.2. The molecule has 344 valence electrons. The van der Waals surface area contributed by atoms with Gasteiger partial charge in [-0.05, 0) is 133 Å². The normalized spacial score (nSPS) is 12.8. The molecule has 10 nitrogen and oxygen atoms in total. The van der Waals surface area contributed by atoms with Gasteiger partial charge in [-0.2, -0.15) is 0 Å². The fourth-order valence-corrected chi connectivity index (χ4v) is 8.52. The number of carbonyl (C=O) groups is 2. The molecule has 0 amide bonds. The van der Waals surface area contributed by atoms with E-state index in [1.165, 1.54) is 45.8 Å². The maximum Gasteiger partial charge on any atom is 0.303 e. The van der Waals surface area contributed by atoms with Crippen molar-refractivity contribution in [3.63, 3.8) is 0 Å². The minimum atomic E-state index is -0.925. The lowest BCUT2D eigenvalue weighted by Gasteiger charge is -2.32. The fraction of sp³-hybridized carbons (Fsp3) is 0.296. The van der Waals surface area contributed by atoms with Gasteiger partial charge in [0.05, 0.1) is 13.1 Å². The van der Waals surface area contributed by atoms with Gasteiger partial charge in [0.25, 0.3) is 0 Å². The molecule has 6 aromatic carbocycles. The molecule has 0 aromatic heterocycles. The molecule has 0 saturated carbocycles. The van der Waals surface area contributed by atoms with Crippen molar-refractivity contribution in [1.29, 1.82) is 0 Å². The Kier molecular flexibility index (Phi) is 16.9. The lowest BCUT2D eigenvalue weighted by molar-refractivity contribution is -0.138. The fourth-order valence-electron chi connectivity index (χ4n) is 8.52. The van der Waals surface area contributed by atoms with Crippen molar-refractivity contribution in [3.8, 4) is 11.5 Å². The Morgan fingerprint density at radius 3 is 1.35 bits per heavy atom. The Hall–Kier alpha value is -7.08. The van der Waals surface area contributed by atoms with Crippen LogP contribution in [0.5, 0.6) is 11.5 Å². The molecule has 8 rings (SSSR count). The predicted molar refractivity (Wildman–Crippen MR) is 257 cm³/mol. The Morgan fingerprint density at radius 1 is 0.530 bits per heavy atom. The summed E-state index contributed by atoms with van der Waals surface area (Å²) in [6.07, 6.45) is 4.44. The third-order valence-corrected chi connectivity index (χ3v) is 11.9. The van der Waals surface area contributed by atoms with Gasteiger partial charge < -0.3 is 40.1 Å². The number of aryl methyl sites for hydroxylation is 2. The van der Waals surface area contributed by atoms with Crippen LogP contribution in [0, 0.1) is 11.6 Å². The average Bonchev–Trinajstić information content (AvgIpc) is 3.33. The van der Waals surface area contributed by atoms with Gasteiger partial charge in [-0.3, -0.25) is 9.59 Å². The lowest BCUT2D eigenvalue weighted by Crippen LogP contribution is -2.33. The molecule has 12 heteroatoms. The van der Waals surface area contributed by atoms with Gasteiger partial charge in [-0.15, -0.1) is 0 Å². The van der Waals surface area contributed by atoms with Crippen LogP contribution in [-0.2, 0) is 48.4 Å². The van der Waals surface area contributed by atoms with E-state index in [0.717, 1.165) is 63.4 Å². The number of halogens is 2. The molecule has 0 bridgehead atoms. The zero-order chi connectivity index (χ0) is 46.1. The van der Waals surface area contributed by atoms with Crippen LogP contribution in [0.15, 0.2) is 133 Å². The van der Waals surface area contributed by atoms with Gasteiger partial charge in [0, 0.05) is 61.8 Å². The topological polar surface area (TPSA) is 124 Å². The summed E-state index contributed by atoms with van der Waals surface area (Å²) < 4.78 is 40.5. The van der Waals surface area contributed by atoms with Crippen LogP contribution < -0.4 is 29.9 Å². The highest BCUT2D eigenvalue weighted by Gasteiger charge is 2.21. The standard InChI is InChI=1S/2C27H29FN2O3/c2*28-25-18-22(13-11-20(25)12-14-27(31)32)29-19-21-6-4-10-26-24(21)9-5-15-30(26)16-17-33-23-7-2-1-3-8-23/h2*1-4,6-8,10-11,13,18,29H,5,9,12,14-17,19H2,(H,31,32). The number of aliphatic carboxylic acids is 2. The summed E-state index contributed by atoms with van der Waals surface area (Å²) in [5.74, 6) is -0.832. The Morgan fingerprint density at radius 2 is 0.955 bits per heavy atom. The van der Waals surface area contributed by atoms with Crippen LogP contribution in [0.2, 0.25) is 0 Å². The molecule has 0 radical (unpaired) electrons. The summed E-state index contributed by atoms with van der Waals surface area (Å²) in [6.45, 7) is 6.11.